The topological polar surface area (TPSA) is 92.3 Å². The van der Waals surface area contributed by atoms with Crippen LogP contribution in [0.3, 0.4) is 0 Å². The SMILES string of the molecule is CNS(=O)(=O)c1cc(NS(=O)(=O)c2ccccc2F)ccc1C. The lowest BCUT2D eigenvalue weighted by Crippen LogP contribution is -2.20. The van der Waals surface area contributed by atoms with Crippen molar-refractivity contribution in [2.24, 2.45) is 0 Å². The minimum atomic E-state index is -4.17. The maximum absolute atomic E-state index is 13.7. The van der Waals surface area contributed by atoms with Crippen LogP contribution in [-0.2, 0) is 20.0 Å². The fraction of sp³-hybridized carbons (Fsp3) is 0.143. The van der Waals surface area contributed by atoms with Gasteiger partial charge in [0.25, 0.3) is 10.0 Å². The summed E-state index contributed by atoms with van der Waals surface area (Å²) in [7, 11) is -6.65. The number of nitrogens with one attached hydrogen (secondary N) is 2. The summed E-state index contributed by atoms with van der Waals surface area (Å²) >= 11 is 0. The van der Waals surface area contributed by atoms with E-state index < -0.39 is 30.8 Å². The van der Waals surface area contributed by atoms with Crippen molar-refractivity contribution >= 4 is 25.7 Å². The third-order valence-corrected chi connectivity index (χ3v) is 6.10. The van der Waals surface area contributed by atoms with Crippen LogP contribution in [0.2, 0.25) is 0 Å². The number of hydrogen-bond acceptors (Lipinski definition) is 4. The van der Waals surface area contributed by atoms with E-state index in [9.17, 15) is 21.2 Å². The lowest BCUT2D eigenvalue weighted by atomic mass is 10.2. The van der Waals surface area contributed by atoms with E-state index in [1.807, 2.05) is 0 Å². The van der Waals surface area contributed by atoms with Crippen molar-refractivity contribution in [3.05, 3.63) is 53.8 Å². The van der Waals surface area contributed by atoms with Gasteiger partial charge in [0.2, 0.25) is 10.0 Å². The van der Waals surface area contributed by atoms with Crippen molar-refractivity contribution in [1.82, 2.24) is 4.72 Å². The summed E-state index contributed by atoms with van der Waals surface area (Å²) in [4.78, 5) is -0.577. The molecule has 0 aliphatic carbocycles. The average molecular weight is 358 g/mol. The predicted octanol–water partition coefficient (Wildman–Crippen LogP) is 1.84. The Balaban J connectivity index is 2.46. The number of anilines is 1. The van der Waals surface area contributed by atoms with Crippen LogP contribution in [0.1, 0.15) is 5.56 Å². The summed E-state index contributed by atoms with van der Waals surface area (Å²) < 4.78 is 66.3. The van der Waals surface area contributed by atoms with Gasteiger partial charge >= 0.3 is 0 Å². The second-order valence-corrected chi connectivity index (χ2v) is 8.23. The van der Waals surface area contributed by atoms with Gasteiger partial charge in [-0.25, -0.2) is 25.9 Å². The van der Waals surface area contributed by atoms with Gasteiger partial charge < -0.3 is 0 Å². The molecule has 0 atom stereocenters. The molecular formula is C14H15FN2O4S2. The Morgan fingerprint density at radius 3 is 2.17 bits per heavy atom. The van der Waals surface area contributed by atoms with Crippen LogP contribution in [0, 0.1) is 12.7 Å². The summed E-state index contributed by atoms with van der Waals surface area (Å²) in [6, 6.07) is 8.96. The molecule has 124 valence electrons. The molecule has 0 radical (unpaired) electrons. The first-order valence-electron chi connectivity index (χ1n) is 6.49. The molecule has 0 amide bonds. The van der Waals surface area contributed by atoms with E-state index >= 15 is 0 Å². The fourth-order valence-electron chi connectivity index (χ4n) is 1.94. The Morgan fingerprint density at radius 2 is 1.57 bits per heavy atom. The highest BCUT2D eigenvalue weighted by Crippen LogP contribution is 2.23. The smallest absolute Gasteiger partial charge is 0.264 e. The van der Waals surface area contributed by atoms with Gasteiger partial charge in [0, 0.05) is 0 Å². The van der Waals surface area contributed by atoms with E-state index in [1.165, 1.54) is 37.4 Å². The van der Waals surface area contributed by atoms with Gasteiger partial charge in [0.05, 0.1) is 10.6 Å². The standard InChI is InChI=1S/C14H15FN2O4S2/c1-10-7-8-11(9-14(10)22(18,19)16-2)17-23(20,21)13-6-4-3-5-12(13)15/h3-9,16-17H,1-2H3. The first-order chi connectivity index (χ1) is 10.7. The minimum absolute atomic E-state index is 0.0210. The predicted molar refractivity (Wildman–Crippen MR) is 84.6 cm³/mol. The number of hydrogen-bond donors (Lipinski definition) is 2. The molecule has 0 aliphatic rings. The van der Waals surface area contributed by atoms with E-state index in [0.717, 1.165) is 12.1 Å². The van der Waals surface area contributed by atoms with Crippen molar-refractivity contribution < 1.29 is 21.2 Å². The number of aryl methyl sites for hydroxylation is 1. The van der Waals surface area contributed by atoms with Gasteiger partial charge in [-0.15, -0.1) is 0 Å². The molecule has 0 unspecified atom stereocenters. The summed E-state index contributed by atoms with van der Waals surface area (Å²) in [5.74, 6) is -0.893. The van der Waals surface area contributed by atoms with Gasteiger partial charge in [-0.3, -0.25) is 4.72 Å². The van der Waals surface area contributed by atoms with Crippen LogP contribution < -0.4 is 9.44 Å². The second kappa shape index (κ2) is 6.26. The Hall–Kier alpha value is -1.97. The normalized spacial score (nSPS) is 12.1. The Kier molecular flexibility index (Phi) is 4.73. The molecule has 2 aromatic rings. The van der Waals surface area contributed by atoms with Crippen LogP contribution in [0.25, 0.3) is 0 Å². The van der Waals surface area contributed by atoms with Crippen LogP contribution in [0.4, 0.5) is 10.1 Å². The maximum Gasteiger partial charge on any atom is 0.264 e. The van der Waals surface area contributed by atoms with Crippen LogP contribution in [0.15, 0.2) is 52.3 Å². The molecule has 6 nitrogen and oxygen atoms in total. The summed E-state index contributed by atoms with van der Waals surface area (Å²) in [5, 5.41) is 0. The number of halogens is 1. The molecule has 2 aromatic carbocycles. The molecule has 0 spiro atoms. The molecule has 0 heterocycles. The Bertz CT molecular complexity index is 941. The fourth-order valence-corrected chi connectivity index (χ4v) is 4.06. The van der Waals surface area contributed by atoms with E-state index in [0.29, 0.717) is 5.56 Å². The molecule has 0 fully saturated rings. The zero-order chi connectivity index (χ0) is 17.3. The maximum atomic E-state index is 13.7. The van der Waals surface area contributed by atoms with Crippen LogP contribution in [0.5, 0.6) is 0 Å². The van der Waals surface area contributed by atoms with Gasteiger partial charge in [-0.2, -0.15) is 0 Å². The average Bonchev–Trinajstić information content (AvgIpc) is 2.49. The van der Waals surface area contributed by atoms with Crippen molar-refractivity contribution in [1.29, 1.82) is 0 Å². The van der Waals surface area contributed by atoms with E-state index in [2.05, 4.69) is 9.44 Å². The summed E-state index contributed by atoms with van der Waals surface area (Å²) in [6.45, 7) is 1.58. The number of sulfonamides is 2. The largest absolute Gasteiger partial charge is 0.279 e. The van der Waals surface area contributed by atoms with Gasteiger partial charge in [0.15, 0.2) is 0 Å². The third-order valence-electron chi connectivity index (χ3n) is 3.12. The van der Waals surface area contributed by atoms with E-state index in [4.69, 9.17) is 0 Å². The number of benzene rings is 2. The molecular weight excluding hydrogens is 343 g/mol. The van der Waals surface area contributed by atoms with Crippen molar-refractivity contribution in [2.75, 3.05) is 11.8 Å². The highest BCUT2D eigenvalue weighted by Gasteiger charge is 2.20. The van der Waals surface area contributed by atoms with E-state index in [-0.39, 0.29) is 10.6 Å². The van der Waals surface area contributed by atoms with Crippen molar-refractivity contribution in [2.45, 2.75) is 16.7 Å². The van der Waals surface area contributed by atoms with Gasteiger partial charge in [-0.1, -0.05) is 18.2 Å². The first kappa shape index (κ1) is 17.4. The summed E-state index contributed by atoms with van der Waals surface area (Å²) in [6.07, 6.45) is 0. The third kappa shape index (κ3) is 3.69. The Labute approximate surface area is 134 Å². The number of rotatable bonds is 5. The summed E-state index contributed by atoms with van der Waals surface area (Å²) in [5.41, 5.74) is 0.473. The quantitative estimate of drug-likeness (QED) is 0.853. The van der Waals surface area contributed by atoms with Crippen LogP contribution in [-0.4, -0.2) is 23.9 Å². The molecule has 0 aliphatic heterocycles. The molecule has 2 N–H and O–H groups in total. The highest BCUT2D eigenvalue weighted by molar-refractivity contribution is 7.92. The molecule has 0 saturated carbocycles. The lowest BCUT2D eigenvalue weighted by Gasteiger charge is -2.12. The molecule has 0 bridgehead atoms. The molecule has 9 heteroatoms. The molecule has 0 aromatic heterocycles. The monoisotopic (exact) mass is 358 g/mol. The molecule has 2 rings (SSSR count). The van der Waals surface area contributed by atoms with Crippen molar-refractivity contribution in [3.8, 4) is 0 Å². The van der Waals surface area contributed by atoms with Crippen LogP contribution >= 0.6 is 0 Å². The van der Waals surface area contributed by atoms with Gasteiger partial charge in [0.1, 0.15) is 10.7 Å². The lowest BCUT2D eigenvalue weighted by molar-refractivity contribution is 0.570. The van der Waals surface area contributed by atoms with E-state index in [1.54, 1.807) is 6.92 Å². The Morgan fingerprint density at radius 1 is 0.913 bits per heavy atom. The first-order valence-corrected chi connectivity index (χ1v) is 9.45. The minimum Gasteiger partial charge on any atom is -0.279 e. The molecule has 0 saturated heterocycles. The highest BCUT2D eigenvalue weighted by atomic mass is 32.2. The zero-order valence-electron chi connectivity index (χ0n) is 12.4. The second-order valence-electron chi connectivity index (χ2n) is 4.72. The van der Waals surface area contributed by atoms with Crippen molar-refractivity contribution in [3.63, 3.8) is 0 Å². The zero-order valence-corrected chi connectivity index (χ0v) is 14.0. The van der Waals surface area contributed by atoms with Gasteiger partial charge in [-0.05, 0) is 43.8 Å². The molecule has 23 heavy (non-hydrogen) atoms.